The largest absolute Gasteiger partial charge is 0.357 e. The van der Waals surface area contributed by atoms with E-state index in [2.05, 4.69) is 25.8 Å². The molecule has 0 atom stereocenters. The van der Waals surface area contributed by atoms with E-state index in [9.17, 15) is 4.79 Å². The number of nitrogens with one attached hydrogen (secondary N) is 2. The fourth-order valence-electron chi connectivity index (χ4n) is 1.27. The van der Waals surface area contributed by atoms with Crippen molar-refractivity contribution >= 4 is 5.95 Å². The van der Waals surface area contributed by atoms with Gasteiger partial charge in [-0.15, -0.1) is 0 Å². The molecule has 0 radical (unpaired) electrons. The molecule has 0 aliphatic carbocycles. The summed E-state index contributed by atoms with van der Waals surface area (Å²) in [4.78, 5) is 23.5. The van der Waals surface area contributed by atoms with Crippen LogP contribution in [0.1, 0.15) is 5.56 Å². The molecule has 2 heterocycles. The second-order valence-corrected chi connectivity index (χ2v) is 3.40. The van der Waals surface area contributed by atoms with Gasteiger partial charge >= 0.3 is 5.69 Å². The highest BCUT2D eigenvalue weighted by atomic mass is 16.1. The van der Waals surface area contributed by atoms with Gasteiger partial charge in [0.1, 0.15) is 12.1 Å². The number of aryl methyl sites for hydroxylation is 1. The molecule has 88 valence electrons. The number of nitrogens with zero attached hydrogens (tertiary/aromatic N) is 4. The Labute approximate surface area is 97.5 Å². The van der Waals surface area contributed by atoms with Gasteiger partial charge in [-0.3, -0.25) is 5.43 Å². The Morgan fingerprint density at radius 2 is 2.12 bits per heavy atom. The van der Waals surface area contributed by atoms with Crippen molar-refractivity contribution in [1.29, 1.82) is 0 Å². The molecule has 2 aromatic heterocycles. The third-order valence-corrected chi connectivity index (χ3v) is 2.08. The molecule has 0 spiro atoms. The van der Waals surface area contributed by atoms with E-state index in [0.29, 0.717) is 5.82 Å². The fraction of sp³-hybridized carbons (Fsp3) is 0.200. The smallest absolute Gasteiger partial charge is 0.290 e. The minimum atomic E-state index is -0.436. The van der Waals surface area contributed by atoms with Crippen LogP contribution in [0.3, 0.4) is 0 Å². The van der Waals surface area contributed by atoms with Gasteiger partial charge in [-0.25, -0.2) is 24.8 Å². The second kappa shape index (κ2) is 4.71. The van der Waals surface area contributed by atoms with Crippen molar-refractivity contribution in [3.63, 3.8) is 0 Å². The van der Waals surface area contributed by atoms with Crippen LogP contribution in [0.2, 0.25) is 0 Å². The number of hydrazine groups is 1. The number of anilines is 1. The van der Waals surface area contributed by atoms with Crippen LogP contribution in [0.15, 0.2) is 29.5 Å². The van der Waals surface area contributed by atoms with Gasteiger partial charge in [0.15, 0.2) is 0 Å². The van der Waals surface area contributed by atoms with E-state index >= 15 is 0 Å². The average molecular weight is 232 g/mol. The summed E-state index contributed by atoms with van der Waals surface area (Å²) >= 11 is 0. The third kappa shape index (κ3) is 2.45. The molecule has 0 aliphatic rings. The van der Waals surface area contributed by atoms with Crippen LogP contribution in [0.5, 0.6) is 0 Å². The molecule has 7 nitrogen and oxygen atoms in total. The predicted octanol–water partition coefficient (Wildman–Crippen LogP) is -0.123. The van der Waals surface area contributed by atoms with Gasteiger partial charge in [0, 0.05) is 13.2 Å². The Morgan fingerprint density at radius 1 is 1.29 bits per heavy atom. The topological polar surface area (TPSA) is 84.7 Å². The van der Waals surface area contributed by atoms with E-state index in [0.717, 1.165) is 5.56 Å². The standard InChI is InChI=1S/C10H12N6O/c1-7-3-4-8(12-5-7)16-6-13-9(15-11-2)14-10(16)17/h3-6,11H,1-2H3,(H,14,15,17). The average Bonchev–Trinajstić information content (AvgIpc) is 2.31. The zero-order chi connectivity index (χ0) is 12.3. The maximum atomic E-state index is 11.7. The third-order valence-electron chi connectivity index (χ3n) is 2.08. The summed E-state index contributed by atoms with van der Waals surface area (Å²) in [5.41, 5.74) is 5.86. The predicted molar refractivity (Wildman–Crippen MR) is 62.8 cm³/mol. The summed E-state index contributed by atoms with van der Waals surface area (Å²) in [5, 5.41) is 0. The lowest BCUT2D eigenvalue weighted by molar-refractivity contribution is 0.818. The number of hydrogen-bond donors (Lipinski definition) is 2. The van der Waals surface area contributed by atoms with Crippen LogP contribution in [-0.2, 0) is 0 Å². The first-order valence-corrected chi connectivity index (χ1v) is 5.02. The number of rotatable bonds is 3. The van der Waals surface area contributed by atoms with E-state index < -0.39 is 5.69 Å². The SMILES string of the molecule is CNNc1ncn(-c2ccc(C)cn2)c(=O)n1. The lowest BCUT2D eigenvalue weighted by Gasteiger charge is -2.05. The zero-order valence-electron chi connectivity index (χ0n) is 9.51. The van der Waals surface area contributed by atoms with Gasteiger partial charge in [0.05, 0.1) is 0 Å². The minimum Gasteiger partial charge on any atom is -0.290 e. The van der Waals surface area contributed by atoms with Gasteiger partial charge in [-0.05, 0) is 18.6 Å². The van der Waals surface area contributed by atoms with Crippen molar-refractivity contribution in [2.75, 3.05) is 12.5 Å². The lowest BCUT2D eigenvalue weighted by Crippen LogP contribution is -2.26. The summed E-state index contributed by atoms with van der Waals surface area (Å²) in [7, 11) is 1.66. The molecule has 2 aromatic rings. The Bertz CT molecular complexity index is 562. The van der Waals surface area contributed by atoms with Gasteiger partial charge in [-0.1, -0.05) is 6.07 Å². The molecule has 2 N–H and O–H groups in total. The molecular weight excluding hydrogens is 220 g/mol. The van der Waals surface area contributed by atoms with Crippen molar-refractivity contribution in [1.82, 2.24) is 24.9 Å². The van der Waals surface area contributed by atoms with Crippen LogP contribution in [-0.4, -0.2) is 26.6 Å². The van der Waals surface area contributed by atoms with Crippen molar-refractivity contribution in [2.45, 2.75) is 6.92 Å². The highest BCUT2D eigenvalue weighted by molar-refractivity contribution is 5.26. The van der Waals surface area contributed by atoms with E-state index in [-0.39, 0.29) is 5.95 Å². The molecule has 7 heteroatoms. The first-order chi connectivity index (χ1) is 8.20. The maximum Gasteiger partial charge on any atom is 0.357 e. The van der Waals surface area contributed by atoms with Gasteiger partial charge in [-0.2, -0.15) is 4.98 Å². The molecule has 0 aromatic carbocycles. The summed E-state index contributed by atoms with van der Waals surface area (Å²) in [6.07, 6.45) is 3.06. The van der Waals surface area contributed by atoms with Crippen molar-refractivity contribution in [2.24, 2.45) is 0 Å². The Hall–Kier alpha value is -2.28. The summed E-state index contributed by atoms with van der Waals surface area (Å²) in [6, 6.07) is 3.61. The van der Waals surface area contributed by atoms with Crippen LogP contribution in [0, 0.1) is 6.92 Å². The second-order valence-electron chi connectivity index (χ2n) is 3.40. The maximum absolute atomic E-state index is 11.7. The molecule has 0 bridgehead atoms. The minimum absolute atomic E-state index is 0.223. The first kappa shape index (κ1) is 11.2. The van der Waals surface area contributed by atoms with Crippen molar-refractivity contribution < 1.29 is 0 Å². The molecule has 0 fully saturated rings. The summed E-state index contributed by atoms with van der Waals surface area (Å²) < 4.78 is 1.28. The quantitative estimate of drug-likeness (QED) is 0.717. The number of hydrogen-bond acceptors (Lipinski definition) is 6. The van der Waals surface area contributed by atoms with Crippen LogP contribution < -0.4 is 16.5 Å². The monoisotopic (exact) mass is 232 g/mol. The Balaban J connectivity index is 2.40. The molecule has 0 saturated carbocycles. The zero-order valence-corrected chi connectivity index (χ0v) is 9.51. The molecule has 0 unspecified atom stereocenters. The van der Waals surface area contributed by atoms with Gasteiger partial charge in [0.25, 0.3) is 0 Å². The highest BCUT2D eigenvalue weighted by Gasteiger charge is 2.03. The van der Waals surface area contributed by atoms with Crippen LogP contribution in [0.25, 0.3) is 5.82 Å². The van der Waals surface area contributed by atoms with Crippen LogP contribution >= 0.6 is 0 Å². The van der Waals surface area contributed by atoms with E-state index in [1.54, 1.807) is 19.3 Å². The number of aromatic nitrogens is 4. The van der Waals surface area contributed by atoms with Crippen molar-refractivity contribution in [3.05, 3.63) is 40.7 Å². The lowest BCUT2D eigenvalue weighted by atomic mass is 10.3. The Kier molecular flexibility index (Phi) is 3.10. The highest BCUT2D eigenvalue weighted by Crippen LogP contribution is 2.01. The molecular formula is C10H12N6O. The van der Waals surface area contributed by atoms with E-state index in [1.165, 1.54) is 10.9 Å². The van der Waals surface area contributed by atoms with Crippen LogP contribution in [0.4, 0.5) is 5.95 Å². The molecule has 0 saturated heterocycles. The summed E-state index contributed by atoms with van der Waals surface area (Å²) in [5.74, 6) is 0.720. The molecule has 0 amide bonds. The Morgan fingerprint density at radius 3 is 2.71 bits per heavy atom. The fourth-order valence-corrected chi connectivity index (χ4v) is 1.27. The van der Waals surface area contributed by atoms with Gasteiger partial charge < -0.3 is 0 Å². The number of pyridine rings is 1. The summed E-state index contributed by atoms with van der Waals surface area (Å²) in [6.45, 7) is 1.93. The molecule has 0 aliphatic heterocycles. The van der Waals surface area contributed by atoms with E-state index in [1.807, 2.05) is 13.0 Å². The van der Waals surface area contributed by atoms with E-state index in [4.69, 9.17) is 0 Å². The first-order valence-electron chi connectivity index (χ1n) is 5.02. The normalized spacial score (nSPS) is 10.2. The van der Waals surface area contributed by atoms with Crippen molar-refractivity contribution in [3.8, 4) is 5.82 Å². The molecule has 17 heavy (non-hydrogen) atoms. The van der Waals surface area contributed by atoms with Gasteiger partial charge in [0.2, 0.25) is 5.95 Å². The molecule has 2 rings (SSSR count).